The first-order valence-corrected chi connectivity index (χ1v) is 5.13. The summed E-state index contributed by atoms with van der Waals surface area (Å²) in [7, 11) is -2.17. The van der Waals surface area contributed by atoms with Crippen molar-refractivity contribution < 1.29 is 25.3 Å². The summed E-state index contributed by atoms with van der Waals surface area (Å²) in [5, 5.41) is 40.4. The van der Waals surface area contributed by atoms with Gasteiger partial charge in [-0.15, -0.1) is 0 Å². The Kier molecular flexibility index (Phi) is 5.19. The molecule has 0 heterocycles. The number of aromatic hydroxyl groups is 2. The zero-order valence-electron chi connectivity index (χ0n) is 9.43. The zero-order chi connectivity index (χ0) is 13.5. The van der Waals surface area contributed by atoms with Crippen LogP contribution in [0.3, 0.4) is 0 Å². The van der Waals surface area contributed by atoms with E-state index in [9.17, 15) is 10.2 Å². The summed E-state index contributed by atoms with van der Waals surface area (Å²) in [4.78, 5) is 0. The highest BCUT2D eigenvalue weighted by atomic mass is 16.5. The first-order chi connectivity index (χ1) is 8.52. The highest BCUT2D eigenvalue weighted by molar-refractivity contribution is 6.30. The second-order valence-electron chi connectivity index (χ2n) is 3.39. The summed E-state index contributed by atoms with van der Waals surface area (Å²) in [5.74, 6) is -0.162. The van der Waals surface area contributed by atoms with Crippen LogP contribution in [-0.2, 0) is 0 Å². The van der Waals surface area contributed by atoms with Crippen LogP contribution in [0.5, 0.6) is 11.5 Å². The van der Waals surface area contributed by atoms with Crippen LogP contribution in [0, 0.1) is 0 Å². The summed E-state index contributed by atoms with van der Waals surface area (Å²) < 4.78 is 0. The van der Waals surface area contributed by atoms with E-state index >= 15 is 0 Å². The Morgan fingerprint density at radius 3 is 1.83 bits per heavy atom. The van der Waals surface area contributed by atoms with E-state index in [4.69, 9.17) is 15.1 Å². The molecular formula is C12H13BO5. The predicted molar refractivity (Wildman–Crippen MR) is 67.6 cm³/mol. The molecule has 0 atom stereocenters. The van der Waals surface area contributed by atoms with Crippen molar-refractivity contribution in [1.29, 1.82) is 0 Å². The second-order valence-corrected chi connectivity index (χ2v) is 3.39. The molecule has 18 heavy (non-hydrogen) atoms. The number of phenolic OH excluding ortho intramolecular Hbond substituents is 2. The Hall–Kier alpha value is -2.02. The molecule has 0 aliphatic carbocycles. The van der Waals surface area contributed by atoms with E-state index in [1.807, 2.05) is 30.3 Å². The molecule has 5 N–H and O–H groups in total. The van der Waals surface area contributed by atoms with E-state index < -0.39 is 7.32 Å². The van der Waals surface area contributed by atoms with Crippen LogP contribution in [0.4, 0.5) is 0 Å². The maximum atomic E-state index is 9.60. The van der Waals surface area contributed by atoms with Crippen LogP contribution in [0.1, 0.15) is 0 Å². The van der Waals surface area contributed by atoms with E-state index in [0.717, 1.165) is 5.56 Å². The van der Waals surface area contributed by atoms with Crippen LogP contribution < -0.4 is 0 Å². The van der Waals surface area contributed by atoms with Crippen molar-refractivity contribution in [2.45, 2.75) is 0 Å². The molecule has 0 aromatic heterocycles. The monoisotopic (exact) mass is 248 g/mol. The van der Waals surface area contributed by atoms with Crippen molar-refractivity contribution in [3.05, 3.63) is 48.5 Å². The van der Waals surface area contributed by atoms with Crippen molar-refractivity contribution in [1.82, 2.24) is 0 Å². The predicted octanol–water partition coefficient (Wildman–Crippen LogP) is 0.713. The van der Waals surface area contributed by atoms with Gasteiger partial charge in [0.15, 0.2) is 11.5 Å². The van der Waals surface area contributed by atoms with Gasteiger partial charge >= 0.3 is 7.32 Å². The summed E-state index contributed by atoms with van der Waals surface area (Å²) in [5.41, 5.74) is 1.53. The van der Waals surface area contributed by atoms with Gasteiger partial charge in [-0.1, -0.05) is 42.5 Å². The van der Waals surface area contributed by atoms with Gasteiger partial charge in [0.05, 0.1) is 0 Å². The van der Waals surface area contributed by atoms with Gasteiger partial charge in [0.2, 0.25) is 0 Å². The fourth-order valence-corrected chi connectivity index (χ4v) is 1.38. The van der Waals surface area contributed by atoms with Crippen molar-refractivity contribution >= 4 is 7.32 Å². The average Bonchev–Trinajstić information content (AvgIpc) is 2.33. The molecule has 0 amide bonds. The van der Waals surface area contributed by atoms with Gasteiger partial charge in [0.25, 0.3) is 0 Å². The number of hydrogen-bond acceptors (Lipinski definition) is 5. The topological polar surface area (TPSA) is 101 Å². The number of rotatable bonds is 1. The van der Waals surface area contributed by atoms with E-state index in [0.29, 0.717) is 5.56 Å². The summed E-state index contributed by atoms with van der Waals surface area (Å²) in [6.07, 6.45) is 0. The molecule has 0 radical (unpaired) electrons. The van der Waals surface area contributed by atoms with E-state index in [1.165, 1.54) is 6.07 Å². The minimum Gasteiger partial charge on any atom is -0.504 e. The third-order valence-corrected chi connectivity index (χ3v) is 2.10. The van der Waals surface area contributed by atoms with Crippen LogP contribution in [0.15, 0.2) is 48.5 Å². The maximum Gasteiger partial charge on any atom is 0.631 e. The van der Waals surface area contributed by atoms with Gasteiger partial charge in [-0.25, -0.2) is 0 Å². The lowest BCUT2D eigenvalue weighted by Gasteiger charge is -2.05. The van der Waals surface area contributed by atoms with Crippen molar-refractivity contribution in [3.8, 4) is 22.6 Å². The van der Waals surface area contributed by atoms with Crippen molar-refractivity contribution in [3.63, 3.8) is 0 Å². The van der Waals surface area contributed by atoms with Gasteiger partial charge in [-0.05, 0) is 11.6 Å². The number of para-hydroxylation sites is 1. The van der Waals surface area contributed by atoms with E-state index in [1.54, 1.807) is 12.1 Å². The summed E-state index contributed by atoms with van der Waals surface area (Å²) in [6, 6.07) is 14.4. The Balaban J connectivity index is 0.000000357. The Labute approximate surface area is 104 Å². The maximum absolute atomic E-state index is 9.60. The minimum atomic E-state index is -2.17. The number of phenols is 2. The van der Waals surface area contributed by atoms with E-state index in [2.05, 4.69) is 0 Å². The molecule has 0 aliphatic rings. The highest BCUT2D eigenvalue weighted by Crippen LogP contribution is 2.35. The normalized spacial score (nSPS) is 9.28. The van der Waals surface area contributed by atoms with Crippen LogP contribution >= 0.6 is 0 Å². The first kappa shape index (κ1) is 14.0. The molecule has 0 saturated heterocycles. The van der Waals surface area contributed by atoms with Gasteiger partial charge in [0, 0.05) is 5.56 Å². The molecule has 2 rings (SSSR count). The SMILES string of the molecule is OB(O)O.Oc1cccc(-c2ccccc2)c1O. The largest absolute Gasteiger partial charge is 0.631 e. The highest BCUT2D eigenvalue weighted by Gasteiger charge is 2.06. The van der Waals surface area contributed by atoms with Crippen LogP contribution in [0.25, 0.3) is 11.1 Å². The molecule has 6 heteroatoms. The van der Waals surface area contributed by atoms with Crippen molar-refractivity contribution in [2.24, 2.45) is 0 Å². The fraction of sp³-hybridized carbons (Fsp3) is 0. The Morgan fingerprint density at radius 1 is 0.722 bits per heavy atom. The molecule has 94 valence electrons. The summed E-state index contributed by atoms with van der Waals surface area (Å²) in [6.45, 7) is 0. The average molecular weight is 248 g/mol. The van der Waals surface area contributed by atoms with Gasteiger partial charge in [-0.3, -0.25) is 0 Å². The quantitative estimate of drug-likeness (QED) is 0.378. The molecule has 2 aromatic carbocycles. The Morgan fingerprint density at radius 2 is 1.28 bits per heavy atom. The van der Waals surface area contributed by atoms with Crippen molar-refractivity contribution in [2.75, 3.05) is 0 Å². The number of hydrogen-bond donors (Lipinski definition) is 5. The smallest absolute Gasteiger partial charge is 0.504 e. The molecule has 0 unspecified atom stereocenters. The Bertz CT molecular complexity index is 484. The molecule has 0 fully saturated rings. The van der Waals surface area contributed by atoms with E-state index in [-0.39, 0.29) is 11.5 Å². The molecule has 0 spiro atoms. The summed E-state index contributed by atoms with van der Waals surface area (Å²) >= 11 is 0. The third kappa shape index (κ3) is 4.10. The molecular weight excluding hydrogens is 235 g/mol. The first-order valence-electron chi connectivity index (χ1n) is 5.13. The minimum absolute atomic E-state index is 0.0706. The molecule has 2 aromatic rings. The second kappa shape index (κ2) is 6.66. The van der Waals surface area contributed by atoms with Gasteiger partial charge in [-0.2, -0.15) is 0 Å². The molecule has 0 saturated carbocycles. The van der Waals surface area contributed by atoms with Gasteiger partial charge in [0.1, 0.15) is 0 Å². The lowest BCUT2D eigenvalue weighted by atomic mass is 10.0. The third-order valence-electron chi connectivity index (χ3n) is 2.10. The zero-order valence-corrected chi connectivity index (χ0v) is 9.43. The fourth-order valence-electron chi connectivity index (χ4n) is 1.38. The number of benzene rings is 2. The molecule has 5 nitrogen and oxygen atoms in total. The molecule has 0 bridgehead atoms. The van der Waals surface area contributed by atoms with Crippen LogP contribution in [-0.4, -0.2) is 32.6 Å². The van der Waals surface area contributed by atoms with Gasteiger partial charge < -0.3 is 25.3 Å². The lowest BCUT2D eigenvalue weighted by molar-refractivity contribution is 0.278. The standard InChI is InChI=1S/C12H10O2.BH3O3/c13-11-8-4-7-10(12(11)14)9-5-2-1-3-6-9;2-1(3)4/h1-8,13-14H;2-4H. The van der Waals surface area contributed by atoms with Crippen LogP contribution in [0.2, 0.25) is 0 Å². The lowest BCUT2D eigenvalue weighted by Crippen LogP contribution is -2.07. The molecule has 0 aliphatic heterocycles.